The molecular weight excluding hydrogens is 214 g/mol. The quantitative estimate of drug-likeness (QED) is 0.864. The Kier molecular flexibility index (Phi) is 4.15. The second kappa shape index (κ2) is 5.63. The summed E-state index contributed by atoms with van der Waals surface area (Å²) in [7, 11) is 2.06. The highest BCUT2D eigenvalue weighted by Gasteiger charge is 2.26. The number of rotatable bonds is 3. The van der Waals surface area contributed by atoms with Gasteiger partial charge in [-0.15, -0.1) is 0 Å². The van der Waals surface area contributed by atoms with Crippen LogP contribution in [0, 0.1) is 0 Å². The van der Waals surface area contributed by atoms with Gasteiger partial charge in [-0.1, -0.05) is 31.2 Å². The number of nitrogens with zero attached hydrogens (tertiary/aromatic N) is 1. The molecule has 1 aromatic rings. The molecule has 0 saturated carbocycles. The molecular formula is C14H21NO2. The molecule has 1 heterocycles. The summed E-state index contributed by atoms with van der Waals surface area (Å²) >= 11 is 0. The van der Waals surface area contributed by atoms with Gasteiger partial charge in [-0.25, -0.2) is 0 Å². The highest BCUT2D eigenvalue weighted by Crippen LogP contribution is 2.22. The standard InChI is InChI=1S/C14H21NO2/c1-3-11-5-4-6-12(9-11)14(16)13-10-15(2)7-8-17-13/h4-6,9,13-14,16H,3,7-8,10H2,1-2H3. The number of hydrogen-bond donors (Lipinski definition) is 1. The zero-order chi connectivity index (χ0) is 12.3. The topological polar surface area (TPSA) is 32.7 Å². The fourth-order valence-corrected chi connectivity index (χ4v) is 2.21. The second-order valence-corrected chi connectivity index (χ2v) is 4.71. The third kappa shape index (κ3) is 3.06. The molecule has 0 radical (unpaired) electrons. The predicted octanol–water partition coefficient (Wildman–Crippen LogP) is 1.61. The van der Waals surface area contributed by atoms with Crippen LogP contribution in [0.1, 0.15) is 24.2 Å². The predicted molar refractivity (Wildman–Crippen MR) is 68.0 cm³/mol. The maximum absolute atomic E-state index is 10.3. The molecule has 3 heteroatoms. The van der Waals surface area contributed by atoms with Gasteiger partial charge in [0.1, 0.15) is 12.2 Å². The monoisotopic (exact) mass is 235 g/mol. The van der Waals surface area contributed by atoms with Gasteiger partial charge < -0.3 is 14.7 Å². The van der Waals surface area contributed by atoms with Gasteiger partial charge >= 0.3 is 0 Å². The smallest absolute Gasteiger partial charge is 0.106 e. The van der Waals surface area contributed by atoms with Crippen LogP contribution in [-0.2, 0) is 11.2 Å². The van der Waals surface area contributed by atoms with Crippen LogP contribution in [0.4, 0.5) is 0 Å². The Hall–Kier alpha value is -0.900. The summed E-state index contributed by atoms with van der Waals surface area (Å²) in [5.41, 5.74) is 2.22. The summed E-state index contributed by atoms with van der Waals surface area (Å²) in [6.45, 7) is 4.55. The summed E-state index contributed by atoms with van der Waals surface area (Å²) in [6, 6.07) is 8.14. The van der Waals surface area contributed by atoms with Crippen LogP contribution in [0.3, 0.4) is 0 Å². The Bertz CT molecular complexity index is 367. The van der Waals surface area contributed by atoms with Crippen molar-refractivity contribution in [2.75, 3.05) is 26.7 Å². The highest BCUT2D eigenvalue weighted by atomic mass is 16.5. The van der Waals surface area contributed by atoms with E-state index in [4.69, 9.17) is 4.74 Å². The molecule has 1 N–H and O–H groups in total. The third-order valence-electron chi connectivity index (χ3n) is 3.35. The second-order valence-electron chi connectivity index (χ2n) is 4.71. The van der Waals surface area contributed by atoms with Crippen LogP contribution in [0.5, 0.6) is 0 Å². The van der Waals surface area contributed by atoms with E-state index in [2.05, 4.69) is 31.0 Å². The van der Waals surface area contributed by atoms with Crippen molar-refractivity contribution in [2.24, 2.45) is 0 Å². The molecule has 1 fully saturated rings. The summed E-state index contributed by atoms with van der Waals surface area (Å²) < 4.78 is 5.65. The van der Waals surface area contributed by atoms with E-state index < -0.39 is 6.10 Å². The molecule has 1 aromatic carbocycles. The number of morpholine rings is 1. The van der Waals surface area contributed by atoms with Gasteiger partial charge in [0.2, 0.25) is 0 Å². The molecule has 0 bridgehead atoms. The van der Waals surface area contributed by atoms with Gasteiger partial charge in [0.05, 0.1) is 6.61 Å². The van der Waals surface area contributed by atoms with Crippen molar-refractivity contribution in [1.82, 2.24) is 4.90 Å². The largest absolute Gasteiger partial charge is 0.386 e. The average molecular weight is 235 g/mol. The van der Waals surface area contributed by atoms with Gasteiger partial charge in [-0.2, -0.15) is 0 Å². The van der Waals surface area contributed by atoms with E-state index in [0.29, 0.717) is 6.61 Å². The van der Waals surface area contributed by atoms with E-state index in [1.54, 1.807) is 0 Å². The number of aliphatic hydroxyl groups is 1. The van der Waals surface area contributed by atoms with Crippen LogP contribution < -0.4 is 0 Å². The fraction of sp³-hybridized carbons (Fsp3) is 0.571. The van der Waals surface area contributed by atoms with Crippen LogP contribution in [0.2, 0.25) is 0 Å². The van der Waals surface area contributed by atoms with E-state index in [1.807, 2.05) is 12.1 Å². The molecule has 17 heavy (non-hydrogen) atoms. The van der Waals surface area contributed by atoms with Gasteiger partial charge in [0, 0.05) is 13.1 Å². The minimum atomic E-state index is -0.524. The minimum Gasteiger partial charge on any atom is -0.386 e. The van der Waals surface area contributed by atoms with E-state index in [-0.39, 0.29) is 6.10 Å². The zero-order valence-corrected chi connectivity index (χ0v) is 10.6. The molecule has 0 amide bonds. The SMILES string of the molecule is CCc1cccc(C(O)C2CN(C)CCO2)c1. The van der Waals surface area contributed by atoms with Crippen molar-refractivity contribution in [3.63, 3.8) is 0 Å². The van der Waals surface area contributed by atoms with E-state index in [0.717, 1.165) is 25.1 Å². The van der Waals surface area contributed by atoms with E-state index in [1.165, 1.54) is 5.56 Å². The van der Waals surface area contributed by atoms with Crippen molar-refractivity contribution in [1.29, 1.82) is 0 Å². The summed E-state index contributed by atoms with van der Waals surface area (Å²) in [5.74, 6) is 0. The number of aliphatic hydroxyl groups excluding tert-OH is 1. The van der Waals surface area contributed by atoms with Crippen molar-refractivity contribution in [3.8, 4) is 0 Å². The Balaban J connectivity index is 2.09. The van der Waals surface area contributed by atoms with Gasteiger partial charge in [0.25, 0.3) is 0 Å². The highest BCUT2D eigenvalue weighted by molar-refractivity contribution is 5.26. The maximum Gasteiger partial charge on any atom is 0.106 e. The molecule has 3 nitrogen and oxygen atoms in total. The van der Waals surface area contributed by atoms with E-state index in [9.17, 15) is 5.11 Å². The Morgan fingerprint density at radius 3 is 3.06 bits per heavy atom. The van der Waals surface area contributed by atoms with Gasteiger partial charge in [-0.05, 0) is 24.6 Å². The van der Waals surface area contributed by atoms with Crippen molar-refractivity contribution < 1.29 is 9.84 Å². The molecule has 0 aliphatic carbocycles. The first-order valence-electron chi connectivity index (χ1n) is 6.27. The lowest BCUT2D eigenvalue weighted by Gasteiger charge is -2.33. The molecule has 2 unspecified atom stereocenters. The lowest BCUT2D eigenvalue weighted by molar-refractivity contribution is -0.0844. The van der Waals surface area contributed by atoms with Crippen LogP contribution in [0.15, 0.2) is 24.3 Å². The van der Waals surface area contributed by atoms with Crippen LogP contribution >= 0.6 is 0 Å². The van der Waals surface area contributed by atoms with E-state index >= 15 is 0 Å². The molecule has 0 spiro atoms. The Morgan fingerprint density at radius 2 is 2.35 bits per heavy atom. The van der Waals surface area contributed by atoms with Crippen molar-refractivity contribution >= 4 is 0 Å². The lowest BCUT2D eigenvalue weighted by Crippen LogP contribution is -2.42. The molecule has 94 valence electrons. The average Bonchev–Trinajstić information content (AvgIpc) is 2.38. The number of likely N-dealkylation sites (N-methyl/N-ethyl adjacent to an activating group) is 1. The Labute approximate surface area is 103 Å². The van der Waals surface area contributed by atoms with Crippen LogP contribution in [-0.4, -0.2) is 42.9 Å². The summed E-state index contributed by atoms with van der Waals surface area (Å²) in [5, 5.41) is 10.3. The number of hydrogen-bond acceptors (Lipinski definition) is 3. The number of benzene rings is 1. The minimum absolute atomic E-state index is 0.110. The molecule has 1 aliphatic heterocycles. The maximum atomic E-state index is 10.3. The molecule has 1 aliphatic rings. The molecule has 2 rings (SSSR count). The van der Waals surface area contributed by atoms with Gasteiger partial charge in [-0.3, -0.25) is 0 Å². The zero-order valence-electron chi connectivity index (χ0n) is 10.6. The first-order chi connectivity index (χ1) is 8.20. The molecule has 2 atom stereocenters. The van der Waals surface area contributed by atoms with Crippen molar-refractivity contribution in [3.05, 3.63) is 35.4 Å². The first kappa shape index (κ1) is 12.6. The fourth-order valence-electron chi connectivity index (χ4n) is 2.21. The first-order valence-corrected chi connectivity index (χ1v) is 6.27. The normalized spacial score (nSPS) is 23.6. The number of aryl methyl sites for hydroxylation is 1. The Morgan fingerprint density at radius 1 is 1.53 bits per heavy atom. The molecule has 0 aromatic heterocycles. The molecule has 1 saturated heterocycles. The lowest BCUT2D eigenvalue weighted by atomic mass is 10.00. The number of ether oxygens (including phenoxy) is 1. The van der Waals surface area contributed by atoms with Crippen molar-refractivity contribution in [2.45, 2.75) is 25.6 Å². The summed E-state index contributed by atoms with van der Waals surface area (Å²) in [4.78, 5) is 2.20. The van der Waals surface area contributed by atoms with Crippen LogP contribution in [0.25, 0.3) is 0 Å². The third-order valence-corrected chi connectivity index (χ3v) is 3.35. The summed E-state index contributed by atoms with van der Waals surface area (Å²) in [6.07, 6.45) is 0.358. The van der Waals surface area contributed by atoms with Gasteiger partial charge in [0.15, 0.2) is 0 Å².